The van der Waals surface area contributed by atoms with Crippen molar-refractivity contribution in [3.05, 3.63) is 29.5 Å². The third-order valence-electron chi connectivity index (χ3n) is 2.89. The van der Waals surface area contributed by atoms with Gasteiger partial charge in [-0.25, -0.2) is 0 Å². The number of hydrogen-bond acceptors (Lipinski definition) is 2. The topological polar surface area (TPSA) is 43.8 Å². The number of benzene rings is 1. The summed E-state index contributed by atoms with van der Waals surface area (Å²) < 4.78 is 1.99. The number of aromatic nitrogens is 2. The number of nitrogens with zero attached hydrogens (tertiary/aromatic N) is 2. The van der Waals surface area contributed by atoms with E-state index in [1.54, 1.807) is 0 Å². The van der Waals surface area contributed by atoms with Gasteiger partial charge in [-0.15, -0.1) is 0 Å². The molecular weight excluding hydrogens is 198 g/mol. The fourth-order valence-electron chi connectivity index (χ4n) is 2.12. The Balaban J connectivity index is 2.61. The van der Waals surface area contributed by atoms with E-state index in [-0.39, 0.29) is 0 Å². The van der Waals surface area contributed by atoms with Crippen LogP contribution in [0.4, 0.5) is 0 Å². The first-order valence-electron chi connectivity index (χ1n) is 5.77. The third kappa shape index (κ3) is 1.83. The zero-order valence-electron chi connectivity index (χ0n) is 10.2. The summed E-state index contributed by atoms with van der Waals surface area (Å²) in [7, 11) is 2.01. The van der Waals surface area contributed by atoms with Crippen LogP contribution in [0, 0.1) is 5.92 Å². The first-order valence-corrected chi connectivity index (χ1v) is 5.77. The summed E-state index contributed by atoms with van der Waals surface area (Å²) in [6, 6.07) is 6.25. The van der Waals surface area contributed by atoms with E-state index in [9.17, 15) is 0 Å². The molecule has 1 heterocycles. The summed E-state index contributed by atoms with van der Waals surface area (Å²) in [5.74, 6) is 0.639. The first-order chi connectivity index (χ1) is 7.63. The van der Waals surface area contributed by atoms with Crippen LogP contribution in [-0.2, 0) is 20.0 Å². The van der Waals surface area contributed by atoms with Gasteiger partial charge >= 0.3 is 0 Å². The highest BCUT2D eigenvalue weighted by molar-refractivity contribution is 5.84. The van der Waals surface area contributed by atoms with Crippen LogP contribution in [0.3, 0.4) is 0 Å². The van der Waals surface area contributed by atoms with Crippen molar-refractivity contribution in [2.45, 2.75) is 26.8 Å². The van der Waals surface area contributed by atoms with Crippen molar-refractivity contribution in [1.82, 2.24) is 9.78 Å². The average molecular weight is 217 g/mol. The molecule has 1 aromatic carbocycles. The van der Waals surface area contributed by atoms with Gasteiger partial charge in [-0.05, 0) is 17.9 Å². The van der Waals surface area contributed by atoms with Crippen molar-refractivity contribution in [2.24, 2.45) is 18.7 Å². The summed E-state index contributed by atoms with van der Waals surface area (Å²) in [5.41, 5.74) is 9.22. The van der Waals surface area contributed by atoms with E-state index in [4.69, 9.17) is 5.73 Å². The van der Waals surface area contributed by atoms with Gasteiger partial charge in [-0.1, -0.05) is 32.0 Å². The van der Waals surface area contributed by atoms with Crippen LogP contribution in [0.5, 0.6) is 0 Å². The van der Waals surface area contributed by atoms with Gasteiger partial charge in [0.15, 0.2) is 0 Å². The molecule has 0 fully saturated rings. The summed E-state index contributed by atoms with van der Waals surface area (Å²) >= 11 is 0. The molecule has 0 aliphatic rings. The average Bonchev–Trinajstić information content (AvgIpc) is 2.55. The summed E-state index contributed by atoms with van der Waals surface area (Å²) in [5, 5.41) is 5.82. The maximum Gasteiger partial charge on any atom is 0.0970 e. The fourth-order valence-corrected chi connectivity index (χ4v) is 2.12. The lowest BCUT2D eigenvalue weighted by atomic mass is 10.0. The molecular formula is C13H19N3. The first kappa shape index (κ1) is 11.1. The second kappa shape index (κ2) is 4.26. The maximum absolute atomic E-state index is 5.73. The van der Waals surface area contributed by atoms with E-state index in [2.05, 4.69) is 37.1 Å². The molecule has 3 heteroatoms. The molecule has 2 rings (SSSR count). The van der Waals surface area contributed by atoms with Crippen molar-refractivity contribution in [3.8, 4) is 0 Å². The molecule has 0 amide bonds. The highest BCUT2D eigenvalue weighted by Gasteiger charge is 2.12. The van der Waals surface area contributed by atoms with Crippen LogP contribution in [-0.4, -0.2) is 9.78 Å². The lowest BCUT2D eigenvalue weighted by molar-refractivity contribution is 0.599. The van der Waals surface area contributed by atoms with Crippen molar-refractivity contribution in [2.75, 3.05) is 0 Å². The predicted molar refractivity (Wildman–Crippen MR) is 67.1 cm³/mol. The summed E-state index contributed by atoms with van der Waals surface area (Å²) in [4.78, 5) is 0. The minimum Gasteiger partial charge on any atom is -0.326 e. The second-order valence-corrected chi connectivity index (χ2v) is 4.69. The summed E-state index contributed by atoms with van der Waals surface area (Å²) in [6.07, 6.45) is 1.06. The molecule has 16 heavy (non-hydrogen) atoms. The minimum absolute atomic E-state index is 0.551. The molecule has 0 aliphatic heterocycles. The van der Waals surface area contributed by atoms with Gasteiger partial charge in [0.1, 0.15) is 0 Å². The summed E-state index contributed by atoms with van der Waals surface area (Å²) in [6.45, 7) is 5.01. The lowest BCUT2D eigenvalue weighted by Crippen LogP contribution is -2.02. The Morgan fingerprint density at radius 1 is 1.38 bits per heavy atom. The number of hydrogen-bond donors (Lipinski definition) is 1. The molecule has 86 valence electrons. The van der Waals surface area contributed by atoms with Crippen LogP contribution in [0.2, 0.25) is 0 Å². The van der Waals surface area contributed by atoms with Crippen LogP contribution < -0.4 is 5.73 Å². The van der Waals surface area contributed by atoms with Gasteiger partial charge in [0.05, 0.1) is 5.52 Å². The smallest absolute Gasteiger partial charge is 0.0970 e. The van der Waals surface area contributed by atoms with E-state index in [1.165, 1.54) is 11.1 Å². The highest BCUT2D eigenvalue weighted by atomic mass is 15.3. The fraction of sp³-hybridized carbons (Fsp3) is 0.462. The molecule has 0 spiro atoms. The van der Waals surface area contributed by atoms with Crippen molar-refractivity contribution in [1.29, 1.82) is 0 Å². The molecule has 0 saturated heterocycles. The largest absolute Gasteiger partial charge is 0.326 e. The number of nitrogens with two attached hydrogens (primary N) is 1. The molecule has 0 bridgehead atoms. The third-order valence-corrected chi connectivity index (χ3v) is 2.89. The molecule has 2 N–H and O–H groups in total. The zero-order chi connectivity index (χ0) is 11.7. The molecule has 3 nitrogen and oxygen atoms in total. The van der Waals surface area contributed by atoms with Crippen molar-refractivity contribution in [3.63, 3.8) is 0 Å². The molecule has 2 aromatic rings. The zero-order valence-corrected chi connectivity index (χ0v) is 10.2. The number of fused-ring (bicyclic) bond motifs is 1. The Labute approximate surface area is 96.2 Å². The SMILES string of the molecule is CC(C)Cc1c2cccc(CN)c2nn1C. The van der Waals surface area contributed by atoms with E-state index in [0.717, 1.165) is 17.5 Å². The molecule has 0 unspecified atom stereocenters. The van der Waals surface area contributed by atoms with E-state index in [0.29, 0.717) is 12.5 Å². The Kier molecular flexibility index (Phi) is 2.97. The Morgan fingerprint density at radius 2 is 2.12 bits per heavy atom. The lowest BCUT2D eigenvalue weighted by Gasteiger charge is -2.05. The number of aryl methyl sites for hydroxylation is 1. The van der Waals surface area contributed by atoms with Gasteiger partial charge in [0.25, 0.3) is 0 Å². The van der Waals surface area contributed by atoms with Crippen molar-refractivity contribution >= 4 is 10.9 Å². The standard InChI is InChI=1S/C13H19N3/c1-9(2)7-12-11-6-4-5-10(8-14)13(11)15-16(12)3/h4-6,9H,7-8,14H2,1-3H3. The Morgan fingerprint density at radius 3 is 2.75 bits per heavy atom. The van der Waals surface area contributed by atoms with Gasteiger partial charge in [0, 0.05) is 24.7 Å². The highest BCUT2D eigenvalue weighted by Crippen LogP contribution is 2.23. The van der Waals surface area contributed by atoms with Crippen LogP contribution >= 0.6 is 0 Å². The van der Waals surface area contributed by atoms with Gasteiger partial charge < -0.3 is 5.73 Å². The molecule has 0 saturated carbocycles. The van der Waals surface area contributed by atoms with Gasteiger partial charge in [0.2, 0.25) is 0 Å². The van der Waals surface area contributed by atoms with E-state index < -0.39 is 0 Å². The van der Waals surface area contributed by atoms with E-state index in [1.807, 2.05) is 11.7 Å². The second-order valence-electron chi connectivity index (χ2n) is 4.69. The van der Waals surface area contributed by atoms with Gasteiger partial charge in [-0.3, -0.25) is 4.68 Å². The van der Waals surface area contributed by atoms with Crippen LogP contribution in [0.25, 0.3) is 10.9 Å². The van der Waals surface area contributed by atoms with Gasteiger partial charge in [-0.2, -0.15) is 5.10 Å². The van der Waals surface area contributed by atoms with Crippen molar-refractivity contribution < 1.29 is 0 Å². The minimum atomic E-state index is 0.551. The molecule has 1 aromatic heterocycles. The Bertz CT molecular complexity index is 497. The van der Waals surface area contributed by atoms with Crippen LogP contribution in [0.15, 0.2) is 18.2 Å². The molecule has 0 aliphatic carbocycles. The van der Waals surface area contributed by atoms with Crippen LogP contribution in [0.1, 0.15) is 25.1 Å². The quantitative estimate of drug-likeness (QED) is 0.856. The Hall–Kier alpha value is -1.35. The monoisotopic (exact) mass is 217 g/mol. The normalized spacial score (nSPS) is 11.6. The maximum atomic E-state index is 5.73. The molecule has 0 atom stereocenters. The predicted octanol–water partition coefficient (Wildman–Crippen LogP) is 2.23. The molecule has 0 radical (unpaired) electrons. The van der Waals surface area contributed by atoms with E-state index >= 15 is 0 Å². The number of rotatable bonds is 3.